The molecular weight excluding hydrogens is 376 g/mol. The molecule has 0 aromatic heterocycles. The normalized spacial score (nSPS) is 40.6. The van der Waals surface area contributed by atoms with E-state index in [0.29, 0.717) is 25.0 Å². The summed E-state index contributed by atoms with van der Waals surface area (Å²) in [5.41, 5.74) is 0.529. The zero-order chi connectivity index (χ0) is 21.3. The van der Waals surface area contributed by atoms with Gasteiger partial charge in [-0.1, -0.05) is 18.2 Å². The van der Waals surface area contributed by atoms with Crippen molar-refractivity contribution in [1.29, 1.82) is 0 Å². The monoisotopic (exact) mass is 404 g/mol. The first kappa shape index (κ1) is 21.5. The molecule has 0 N–H and O–H groups in total. The molecule has 2 fully saturated rings. The molecule has 0 amide bonds. The third kappa shape index (κ3) is 4.07. The van der Waals surface area contributed by atoms with E-state index in [-0.39, 0.29) is 11.7 Å². The molecule has 0 aromatic carbocycles. The van der Waals surface area contributed by atoms with Crippen molar-refractivity contribution < 1.29 is 33.3 Å². The van der Waals surface area contributed by atoms with Crippen LogP contribution in [0.3, 0.4) is 0 Å². The Balaban J connectivity index is 2.06. The fourth-order valence-corrected chi connectivity index (χ4v) is 3.86. The van der Waals surface area contributed by atoms with Gasteiger partial charge in [-0.15, -0.1) is 0 Å². The number of carbonyl (C=O) groups excluding carboxylic acids is 3. The number of epoxide rings is 1. The van der Waals surface area contributed by atoms with Gasteiger partial charge >= 0.3 is 11.9 Å². The number of esters is 2. The molecule has 3 rings (SSSR count). The number of aldehydes is 1. The quantitative estimate of drug-likeness (QED) is 0.228. The largest absolute Gasteiger partial charge is 0.456 e. The van der Waals surface area contributed by atoms with Crippen LogP contribution in [0.25, 0.3) is 0 Å². The minimum Gasteiger partial charge on any atom is -0.456 e. The average Bonchev–Trinajstić information content (AvgIpc) is 3.20. The van der Waals surface area contributed by atoms with Gasteiger partial charge in [-0.3, -0.25) is 4.79 Å². The Hall–Kier alpha value is -2.25. The van der Waals surface area contributed by atoms with Gasteiger partial charge in [0, 0.05) is 17.8 Å². The molecule has 0 saturated carbocycles. The Bertz CT molecular complexity index is 780. The summed E-state index contributed by atoms with van der Waals surface area (Å²) in [5.74, 6) is -1.77. The van der Waals surface area contributed by atoms with E-state index in [4.69, 9.17) is 18.9 Å². The molecular formula is C22H28O7. The summed E-state index contributed by atoms with van der Waals surface area (Å²) in [5, 5.41) is 0. The maximum atomic E-state index is 12.9. The SMILES string of the molecule is C=C1C(=O)O[C@@H]2/C=C(\C)CC/C=C(/C=O)C(OCC)[C@@H](OC(=O)[C@]3(C)O[C@@H]3C)[C@@H]12. The molecule has 158 valence electrons. The smallest absolute Gasteiger partial charge is 0.341 e. The second-order valence-electron chi connectivity index (χ2n) is 7.91. The lowest BCUT2D eigenvalue weighted by molar-refractivity contribution is -0.166. The number of allylic oxidation sites excluding steroid dienone is 2. The standard InChI is InChI=1S/C22H28O7/c1-6-26-18-15(11-23)9-7-8-12(2)10-16-17(13(3)20(24)27-16)19(18)28-21(25)22(5)14(4)29-22/h9-11,14,16-19H,3,6-8H2,1-2,4-5H3/b12-10+,15-9-/t14-,16-,17+,18?,19+,22-/m1/s1. The van der Waals surface area contributed by atoms with Crippen LogP contribution in [0.2, 0.25) is 0 Å². The molecule has 29 heavy (non-hydrogen) atoms. The van der Waals surface area contributed by atoms with Crippen LogP contribution < -0.4 is 0 Å². The molecule has 7 heteroatoms. The molecule has 2 saturated heterocycles. The fraction of sp³-hybridized carbons (Fsp3) is 0.591. The highest BCUT2D eigenvalue weighted by Crippen LogP contribution is 2.41. The van der Waals surface area contributed by atoms with Crippen molar-refractivity contribution in [3.63, 3.8) is 0 Å². The van der Waals surface area contributed by atoms with E-state index in [9.17, 15) is 14.4 Å². The first-order valence-electron chi connectivity index (χ1n) is 9.95. The lowest BCUT2D eigenvalue weighted by atomic mass is 9.83. The van der Waals surface area contributed by atoms with E-state index in [1.165, 1.54) is 0 Å². The minimum atomic E-state index is -1.05. The predicted molar refractivity (Wildman–Crippen MR) is 104 cm³/mol. The summed E-state index contributed by atoms with van der Waals surface area (Å²) in [7, 11) is 0. The Kier molecular flexibility index (Phi) is 6.10. The van der Waals surface area contributed by atoms with Crippen molar-refractivity contribution in [3.8, 4) is 0 Å². The molecule has 6 atom stereocenters. The van der Waals surface area contributed by atoms with Crippen LogP contribution in [0, 0.1) is 5.92 Å². The molecule has 0 radical (unpaired) electrons. The van der Waals surface area contributed by atoms with Gasteiger partial charge in [0.2, 0.25) is 0 Å². The van der Waals surface area contributed by atoms with Gasteiger partial charge in [0.15, 0.2) is 5.60 Å². The van der Waals surface area contributed by atoms with E-state index < -0.39 is 41.8 Å². The maximum Gasteiger partial charge on any atom is 0.341 e. The number of ether oxygens (including phenoxy) is 4. The van der Waals surface area contributed by atoms with Gasteiger partial charge in [0.1, 0.15) is 24.6 Å². The first-order chi connectivity index (χ1) is 13.7. The molecule has 7 nitrogen and oxygen atoms in total. The third-order valence-corrected chi connectivity index (χ3v) is 5.88. The van der Waals surface area contributed by atoms with Crippen molar-refractivity contribution in [1.82, 2.24) is 0 Å². The predicted octanol–water partition coefficient (Wildman–Crippen LogP) is 2.44. The van der Waals surface area contributed by atoms with Gasteiger partial charge in [-0.25, -0.2) is 9.59 Å². The lowest BCUT2D eigenvalue weighted by Crippen LogP contribution is -2.46. The van der Waals surface area contributed by atoms with Crippen LogP contribution in [-0.4, -0.2) is 54.8 Å². The summed E-state index contributed by atoms with van der Waals surface area (Å²) < 4.78 is 22.6. The van der Waals surface area contributed by atoms with Gasteiger partial charge in [-0.05, 0) is 46.6 Å². The summed E-state index contributed by atoms with van der Waals surface area (Å²) in [6, 6.07) is 0. The van der Waals surface area contributed by atoms with E-state index in [2.05, 4.69) is 6.58 Å². The molecule has 2 aliphatic heterocycles. The van der Waals surface area contributed by atoms with Crippen molar-refractivity contribution in [2.45, 2.75) is 70.6 Å². The molecule has 1 aliphatic carbocycles. The molecule has 3 aliphatic rings. The maximum absolute atomic E-state index is 12.9. The highest BCUT2D eigenvalue weighted by atomic mass is 16.7. The zero-order valence-corrected chi connectivity index (χ0v) is 17.3. The van der Waals surface area contributed by atoms with E-state index >= 15 is 0 Å². The second-order valence-corrected chi connectivity index (χ2v) is 7.91. The van der Waals surface area contributed by atoms with Crippen molar-refractivity contribution in [2.75, 3.05) is 6.61 Å². The van der Waals surface area contributed by atoms with Crippen molar-refractivity contribution >= 4 is 18.2 Å². The first-order valence-corrected chi connectivity index (χ1v) is 9.95. The summed E-state index contributed by atoms with van der Waals surface area (Å²) >= 11 is 0. The average molecular weight is 404 g/mol. The van der Waals surface area contributed by atoms with E-state index in [0.717, 1.165) is 11.9 Å². The van der Waals surface area contributed by atoms with E-state index in [1.54, 1.807) is 26.8 Å². The van der Waals surface area contributed by atoms with Gasteiger partial charge < -0.3 is 18.9 Å². The number of fused-ring (bicyclic) bond motifs is 1. The third-order valence-electron chi connectivity index (χ3n) is 5.88. The van der Waals surface area contributed by atoms with Crippen LogP contribution in [0.1, 0.15) is 40.5 Å². The Morgan fingerprint density at radius 1 is 1.45 bits per heavy atom. The van der Waals surface area contributed by atoms with Crippen LogP contribution in [0.15, 0.2) is 35.5 Å². The summed E-state index contributed by atoms with van der Waals surface area (Å²) in [4.78, 5) is 37.0. The highest BCUT2D eigenvalue weighted by Gasteiger charge is 2.59. The van der Waals surface area contributed by atoms with Crippen LogP contribution >= 0.6 is 0 Å². The number of carbonyl (C=O) groups is 3. The number of hydrogen-bond acceptors (Lipinski definition) is 7. The van der Waals surface area contributed by atoms with E-state index in [1.807, 2.05) is 13.0 Å². The molecule has 0 spiro atoms. The topological polar surface area (TPSA) is 91.4 Å². The van der Waals surface area contributed by atoms with Crippen LogP contribution in [0.4, 0.5) is 0 Å². The number of rotatable bonds is 5. The van der Waals surface area contributed by atoms with Crippen molar-refractivity contribution in [2.24, 2.45) is 5.92 Å². The van der Waals surface area contributed by atoms with Gasteiger partial charge in [0.05, 0.1) is 12.0 Å². The minimum absolute atomic E-state index is 0.197. The molecule has 2 heterocycles. The van der Waals surface area contributed by atoms with Gasteiger partial charge in [0.25, 0.3) is 0 Å². The molecule has 0 aromatic rings. The fourth-order valence-electron chi connectivity index (χ4n) is 3.86. The lowest BCUT2D eigenvalue weighted by Gasteiger charge is -2.33. The number of hydrogen-bond donors (Lipinski definition) is 0. The van der Waals surface area contributed by atoms with Gasteiger partial charge in [-0.2, -0.15) is 0 Å². The Morgan fingerprint density at radius 2 is 2.14 bits per heavy atom. The van der Waals surface area contributed by atoms with Crippen LogP contribution in [0.5, 0.6) is 0 Å². The Labute approximate surface area is 170 Å². The second kappa shape index (κ2) is 8.24. The summed E-state index contributed by atoms with van der Waals surface area (Å²) in [6.07, 6.45) is 2.97. The highest BCUT2D eigenvalue weighted by molar-refractivity contribution is 5.91. The Morgan fingerprint density at radius 3 is 2.72 bits per heavy atom. The summed E-state index contributed by atoms with van der Waals surface area (Å²) in [6.45, 7) is 11.3. The molecule has 0 bridgehead atoms. The molecule has 1 unspecified atom stereocenters. The van der Waals surface area contributed by atoms with Crippen LogP contribution in [-0.2, 0) is 33.3 Å². The zero-order valence-electron chi connectivity index (χ0n) is 17.3. The van der Waals surface area contributed by atoms with Crippen molar-refractivity contribution in [3.05, 3.63) is 35.5 Å².